The van der Waals surface area contributed by atoms with Gasteiger partial charge in [0.1, 0.15) is 5.75 Å². The first-order valence-electron chi connectivity index (χ1n) is 9.54. The quantitative estimate of drug-likeness (QED) is 0.483. The van der Waals surface area contributed by atoms with Crippen molar-refractivity contribution < 1.29 is 27.5 Å². The molecule has 1 aliphatic heterocycles. The fraction of sp³-hybridized carbons (Fsp3) is 0.150. The highest BCUT2D eigenvalue weighted by molar-refractivity contribution is 7.92. The van der Waals surface area contributed by atoms with Crippen LogP contribution < -0.4 is 19.7 Å². The summed E-state index contributed by atoms with van der Waals surface area (Å²) in [4.78, 5) is 39.4. The Bertz CT molecular complexity index is 1370. The van der Waals surface area contributed by atoms with Crippen LogP contribution in [-0.2, 0) is 10.0 Å². The Kier molecular flexibility index (Phi) is 5.82. The molecule has 4 rings (SSSR count). The van der Waals surface area contributed by atoms with Crippen molar-refractivity contribution in [3.63, 3.8) is 0 Å². The van der Waals surface area contributed by atoms with Crippen molar-refractivity contribution in [2.75, 3.05) is 27.8 Å². The number of nitrogens with zero attached hydrogens (tertiary/aromatic N) is 3. The zero-order valence-corrected chi connectivity index (χ0v) is 19.0. The maximum atomic E-state index is 12.9. The lowest BCUT2D eigenvalue weighted by Gasteiger charge is -2.14. The Balaban J connectivity index is 1.53. The normalized spacial score (nSPS) is 13.1. The molecule has 2 N–H and O–H groups in total. The number of hydrogen-bond acceptors (Lipinski definition) is 9. The summed E-state index contributed by atoms with van der Waals surface area (Å²) in [6, 6.07) is 10.7. The highest BCUT2D eigenvalue weighted by Gasteiger charge is 2.37. The SMILES string of the molecule is CCOc1ccc(N2C(=O)c3ccc(C(=O)Nc4nnc(NS(C)(=O)=O)s4)cc3C2=O)cc1. The molecule has 1 aliphatic rings. The van der Waals surface area contributed by atoms with E-state index in [0.29, 0.717) is 18.0 Å². The third-order valence-electron chi connectivity index (χ3n) is 4.47. The van der Waals surface area contributed by atoms with Crippen LogP contribution >= 0.6 is 11.3 Å². The molecule has 0 saturated carbocycles. The number of hydrogen-bond donors (Lipinski definition) is 2. The molecule has 170 valence electrons. The zero-order valence-electron chi connectivity index (χ0n) is 17.4. The molecule has 0 bridgehead atoms. The van der Waals surface area contributed by atoms with Crippen LogP contribution in [0.2, 0.25) is 0 Å². The van der Waals surface area contributed by atoms with Gasteiger partial charge in [0.2, 0.25) is 20.3 Å². The predicted octanol–water partition coefficient (Wildman–Crippen LogP) is 2.36. The van der Waals surface area contributed by atoms with Crippen molar-refractivity contribution in [3.05, 3.63) is 59.2 Å². The van der Waals surface area contributed by atoms with Crippen LogP contribution in [0.1, 0.15) is 38.0 Å². The highest BCUT2D eigenvalue weighted by atomic mass is 32.2. The van der Waals surface area contributed by atoms with Gasteiger partial charge in [-0.05, 0) is 49.4 Å². The molecule has 0 aliphatic carbocycles. The Hall–Kier alpha value is -3.84. The number of imide groups is 1. The number of aromatic nitrogens is 2. The van der Waals surface area contributed by atoms with Gasteiger partial charge in [-0.1, -0.05) is 11.3 Å². The van der Waals surface area contributed by atoms with Gasteiger partial charge in [0, 0.05) is 5.56 Å². The van der Waals surface area contributed by atoms with E-state index in [-0.39, 0.29) is 27.0 Å². The van der Waals surface area contributed by atoms with Crippen molar-refractivity contribution in [1.82, 2.24) is 10.2 Å². The second kappa shape index (κ2) is 8.60. The summed E-state index contributed by atoms with van der Waals surface area (Å²) in [6.07, 6.45) is 0.964. The second-order valence-corrected chi connectivity index (χ2v) is 9.60. The highest BCUT2D eigenvalue weighted by Crippen LogP contribution is 2.30. The van der Waals surface area contributed by atoms with Gasteiger partial charge in [-0.3, -0.25) is 24.4 Å². The molecule has 0 radical (unpaired) electrons. The van der Waals surface area contributed by atoms with Crippen molar-refractivity contribution in [3.8, 4) is 5.75 Å². The minimum atomic E-state index is -3.53. The summed E-state index contributed by atoms with van der Waals surface area (Å²) < 4.78 is 30.1. The van der Waals surface area contributed by atoms with E-state index in [2.05, 4.69) is 20.2 Å². The molecule has 33 heavy (non-hydrogen) atoms. The fourth-order valence-electron chi connectivity index (χ4n) is 3.12. The first-order valence-corrected chi connectivity index (χ1v) is 12.3. The average Bonchev–Trinajstić information content (AvgIpc) is 3.29. The zero-order chi connectivity index (χ0) is 23.8. The van der Waals surface area contributed by atoms with Crippen LogP contribution in [0.25, 0.3) is 0 Å². The van der Waals surface area contributed by atoms with Crippen LogP contribution in [0.3, 0.4) is 0 Å². The van der Waals surface area contributed by atoms with Gasteiger partial charge in [0.25, 0.3) is 17.7 Å². The topological polar surface area (TPSA) is 148 Å². The molecule has 0 saturated heterocycles. The molecule has 2 aromatic carbocycles. The number of amides is 3. The molecule has 3 amide bonds. The number of ether oxygens (including phenoxy) is 1. The van der Waals surface area contributed by atoms with Crippen LogP contribution in [0.5, 0.6) is 5.75 Å². The van der Waals surface area contributed by atoms with E-state index in [1.54, 1.807) is 24.3 Å². The van der Waals surface area contributed by atoms with Crippen molar-refractivity contribution in [2.24, 2.45) is 0 Å². The van der Waals surface area contributed by atoms with Gasteiger partial charge < -0.3 is 4.74 Å². The average molecular weight is 488 g/mol. The van der Waals surface area contributed by atoms with E-state index in [4.69, 9.17) is 4.74 Å². The standard InChI is InChI=1S/C20H17N5O6S2/c1-3-31-13-7-5-12(6-8-13)25-17(27)14-9-4-11(10-15(14)18(25)28)16(26)21-19-22-23-20(32-19)24-33(2,29)30/h4-10H,3H2,1-2H3,(H,23,24)(H,21,22,26). The fourth-order valence-corrected chi connectivity index (χ4v) is 4.59. The summed E-state index contributed by atoms with van der Waals surface area (Å²) in [7, 11) is -3.53. The third kappa shape index (κ3) is 4.68. The van der Waals surface area contributed by atoms with Crippen LogP contribution in [0, 0.1) is 0 Å². The molecule has 0 spiro atoms. The monoisotopic (exact) mass is 487 g/mol. The molecule has 0 fully saturated rings. The van der Waals surface area contributed by atoms with Crippen molar-refractivity contribution >= 4 is 55.0 Å². The van der Waals surface area contributed by atoms with Gasteiger partial charge in [0.15, 0.2) is 0 Å². The first-order chi connectivity index (χ1) is 15.7. The Labute approximate surface area is 192 Å². The Morgan fingerprint density at radius 3 is 2.36 bits per heavy atom. The molecule has 0 atom stereocenters. The van der Waals surface area contributed by atoms with Gasteiger partial charge in [-0.25, -0.2) is 13.3 Å². The lowest BCUT2D eigenvalue weighted by molar-refractivity contribution is 0.0925. The van der Waals surface area contributed by atoms with Gasteiger partial charge in [-0.2, -0.15) is 0 Å². The number of carbonyl (C=O) groups excluding carboxylic acids is 3. The molecular formula is C20H17N5O6S2. The van der Waals surface area contributed by atoms with Crippen LogP contribution in [0.15, 0.2) is 42.5 Å². The summed E-state index contributed by atoms with van der Waals surface area (Å²) in [6.45, 7) is 2.34. The number of carbonyl (C=O) groups is 3. The summed E-state index contributed by atoms with van der Waals surface area (Å²) >= 11 is 0.827. The summed E-state index contributed by atoms with van der Waals surface area (Å²) in [5.41, 5.74) is 0.783. The molecule has 0 unspecified atom stereocenters. The minimum absolute atomic E-state index is 0.00600. The van der Waals surface area contributed by atoms with E-state index >= 15 is 0 Å². The Morgan fingerprint density at radius 1 is 1.03 bits per heavy atom. The largest absolute Gasteiger partial charge is 0.494 e. The van der Waals surface area contributed by atoms with E-state index in [1.165, 1.54) is 18.2 Å². The van der Waals surface area contributed by atoms with E-state index < -0.39 is 27.7 Å². The molecular weight excluding hydrogens is 470 g/mol. The Morgan fingerprint density at radius 2 is 1.70 bits per heavy atom. The lowest BCUT2D eigenvalue weighted by Crippen LogP contribution is -2.29. The number of fused-ring (bicyclic) bond motifs is 1. The van der Waals surface area contributed by atoms with Gasteiger partial charge in [0.05, 0.1) is 29.7 Å². The van der Waals surface area contributed by atoms with Gasteiger partial charge in [-0.15, -0.1) is 10.2 Å². The smallest absolute Gasteiger partial charge is 0.266 e. The van der Waals surface area contributed by atoms with E-state index in [9.17, 15) is 22.8 Å². The predicted molar refractivity (Wildman–Crippen MR) is 122 cm³/mol. The molecule has 3 aromatic rings. The molecule has 1 aromatic heterocycles. The number of anilines is 3. The summed E-state index contributed by atoms with van der Waals surface area (Å²) in [5, 5.41) is 9.89. The van der Waals surface area contributed by atoms with Crippen molar-refractivity contribution in [2.45, 2.75) is 6.92 Å². The minimum Gasteiger partial charge on any atom is -0.494 e. The number of nitrogens with one attached hydrogen (secondary N) is 2. The number of rotatable bonds is 7. The van der Waals surface area contributed by atoms with Gasteiger partial charge >= 0.3 is 0 Å². The number of sulfonamides is 1. The van der Waals surface area contributed by atoms with Crippen LogP contribution in [0.4, 0.5) is 16.0 Å². The van der Waals surface area contributed by atoms with E-state index in [1.807, 2.05) is 6.92 Å². The number of benzene rings is 2. The first kappa shape index (κ1) is 22.4. The van der Waals surface area contributed by atoms with E-state index in [0.717, 1.165) is 22.5 Å². The maximum Gasteiger partial charge on any atom is 0.266 e. The lowest BCUT2D eigenvalue weighted by atomic mass is 10.1. The maximum absolute atomic E-state index is 12.9. The molecule has 13 heteroatoms. The van der Waals surface area contributed by atoms with Crippen molar-refractivity contribution in [1.29, 1.82) is 0 Å². The third-order valence-corrected chi connectivity index (χ3v) is 5.92. The second-order valence-electron chi connectivity index (χ2n) is 6.87. The molecule has 11 nitrogen and oxygen atoms in total. The summed E-state index contributed by atoms with van der Waals surface area (Å²) in [5.74, 6) is -1.03. The molecule has 2 heterocycles. The van der Waals surface area contributed by atoms with Crippen LogP contribution in [-0.4, -0.2) is 49.2 Å².